The molecule has 0 unspecified atom stereocenters. The van der Waals surface area contributed by atoms with Gasteiger partial charge in [-0.15, -0.1) is 0 Å². The van der Waals surface area contributed by atoms with E-state index in [9.17, 15) is 8.42 Å². The molecule has 0 fully saturated rings. The number of nitrogens with one attached hydrogen (secondary N) is 1. The molecule has 1 heterocycles. The van der Waals surface area contributed by atoms with E-state index >= 15 is 0 Å². The Bertz CT molecular complexity index is 705. The molecule has 0 bridgehead atoms. The molecule has 0 aliphatic carbocycles. The second kappa shape index (κ2) is 6.49. The molecule has 6 heteroatoms. The molecule has 1 aromatic heterocycles. The Kier molecular flexibility index (Phi) is 4.90. The van der Waals surface area contributed by atoms with E-state index in [1.165, 1.54) is 0 Å². The number of fused-ring (bicyclic) bond motifs is 1. The van der Waals surface area contributed by atoms with Crippen LogP contribution in [-0.4, -0.2) is 25.2 Å². The molecule has 0 aliphatic heterocycles. The van der Waals surface area contributed by atoms with Crippen LogP contribution in [-0.2, 0) is 16.5 Å². The zero-order chi connectivity index (χ0) is 15.5. The number of nitrogens with two attached hydrogens (primary N) is 1. The fourth-order valence-electron chi connectivity index (χ4n) is 2.27. The number of para-hydroxylation sites is 1. The summed E-state index contributed by atoms with van der Waals surface area (Å²) < 4.78 is 29.1. The number of hydrogen-bond acceptors (Lipinski definition) is 4. The van der Waals surface area contributed by atoms with E-state index in [0.29, 0.717) is 17.7 Å². The summed E-state index contributed by atoms with van der Waals surface area (Å²) in [5, 5.41) is 0.954. The van der Waals surface area contributed by atoms with Gasteiger partial charge >= 0.3 is 10.1 Å². The highest BCUT2D eigenvalue weighted by molar-refractivity contribution is 7.87. The van der Waals surface area contributed by atoms with Crippen molar-refractivity contribution in [1.29, 1.82) is 0 Å². The largest absolute Gasteiger partial charge is 0.380 e. The SMILES string of the molecule is CCCCS(=O)(=O)Oc1cccc2c(C[C@@H](C)N)c[nH]c12. The van der Waals surface area contributed by atoms with Crippen LogP contribution in [0.2, 0.25) is 0 Å². The van der Waals surface area contributed by atoms with Crippen LogP contribution in [0.3, 0.4) is 0 Å². The van der Waals surface area contributed by atoms with Gasteiger partial charge in [0.2, 0.25) is 0 Å². The molecule has 2 aromatic rings. The fraction of sp³-hybridized carbons (Fsp3) is 0.467. The van der Waals surface area contributed by atoms with Gasteiger partial charge in [0.25, 0.3) is 0 Å². The monoisotopic (exact) mass is 310 g/mol. The zero-order valence-electron chi connectivity index (χ0n) is 12.4. The minimum Gasteiger partial charge on any atom is -0.380 e. The molecule has 0 saturated carbocycles. The summed E-state index contributed by atoms with van der Waals surface area (Å²) >= 11 is 0. The predicted octanol–water partition coefficient (Wildman–Crippen LogP) is 2.57. The van der Waals surface area contributed by atoms with Gasteiger partial charge in [-0.25, -0.2) is 0 Å². The Labute approximate surface area is 125 Å². The van der Waals surface area contributed by atoms with Crippen molar-refractivity contribution in [3.05, 3.63) is 30.0 Å². The van der Waals surface area contributed by atoms with Crippen molar-refractivity contribution in [3.63, 3.8) is 0 Å². The first-order valence-corrected chi connectivity index (χ1v) is 8.77. The standard InChI is InChI=1S/C15H22N2O3S/c1-3-4-8-21(18,19)20-14-7-5-6-13-12(9-11(2)16)10-17-15(13)14/h5-7,10-11,17H,3-4,8-9,16H2,1-2H3/t11-/m1/s1. The van der Waals surface area contributed by atoms with Crippen molar-refractivity contribution in [2.24, 2.45) is 5.73 Å². The lowest BCUT2D eigenvalue weighted by molar-refractivity contribution is 0.486. The van der Waals surface area contributed by atoms with E-state index in [1.54, 1.807) is 12.1 Å². The zero-order valence-corrected chi connectivity index (χ0v) is 13.2. The summed E-state index contributed by atoms with van der Waals surface area (Å²) in [6.45, 7) is 3.88. The summed E-state index contributed by atoms with van der Waals surface area (Å²) in [4.78, 5) is 3.10. The topological polar surface area (TPSA) is 85.2 Å². The Hall–Kier alpha value is -1.53. The van der Waals surface area contributed by atoms with E-state index in [1.807, 2.05) is 26.1 Å². The van der Waals surface area contributed by atoms with Gasteiger partial charge in [0, 0.05) is 17.6 Å². The molecule has 0 spiro atoms. The molecular formula is C15H22N2O3S. The fourth-order valence-corrected chi connectivity index (χ4v) is 3.41. The van der Waals surface area contributed by atoms with Crippen LogP contribution >= 0.6 is 0 Å². The Morgan fingerprint density at radius 3 is 2.81 bits per heavy atom. The number of hydrogen-bond donors (Lipinski definition) is 2. The Morgan fingerprint density at radius 2 is 2.14 bits per heavy atom. The van der Waals surface area contributed by atoms with Crippen molar-refractivity contribution >= 4 is 21.0 Å². The molecular weight excluding hydrogens is 288 g/mol. The normalized spacial score (nSPS) is 13.5. The van der Waals surface area contributed by atoms with Crippen molar-refractivity contribution in [2.45, 2.75) is 39.2 Å². The third-order valence-corrected chi connectivity index (χ3v) is 4.49. The van der Waals surface area contributed by atoms with Crippen LogP contribution in [0.5, 0.6) is 5.75 Å². The van der Waals surface area contributed by atoms with Crippen LogP contribution in [0.15, 0.2) is 24.4 Å². The van der Waals surface area contributed by atoms with E-state index < -0.39 is 10.1 Å². The molecule has 0 aliphatic rings. The van der Waals surface area contributed by atoms with Crippen LogP contribution < -0.4 is 9.92 Å². The third-order valence-electron chi connectivity index (χ3n) is 3.27. The van der Waals surface area contributed by atoms with Crippen molar-refractivity contribution in [2.75, 3.05) is 5.75 Å². The van der Waals surface area contributed by atoms with Crippen LogP contribution in [0, 0.1) is 0 Å². The quantitative estimate of drug-likeness (QED) is 0.770. The van der Waals surface area contributed by atoms with Gasteiger partial charge in [-0.2, -0.15) is 8.42 Å². The summed E-state index contributed by atoms with van der Waals surface area (Å²) in [6.07, 6.45) is 4.00. The van der Waals surface area contributed by atoms with Gasteiger partial charge in [-0.1, -0.05) is 25.5 Å². The average Bonchev–Trinajstić information content (AvgIpc) is 2.80. The minimum absolute atomic E-state index is 0.0350. The number of benzene rings is 1. The maximum atomic E-state index is 11.9. The third kappa shape index (κ3) is 3.98. The number of unbranched alkanes of at least 4 members (excludes halogenated alkanes) is 1. The lowest BCUT2D eigenvalue weighted by atomic mass is 10.1. The minimum atomic E-state index is -3.55. The first kappa shape index (κ1) is 15.9. The summed E-state index contributed by atoms with van der Waals surface area (Å²) in [6, 6.07) is 5.44. The van der Waals surface area contributed by atoms with Crippen molar-refractivity contribution in [1.82, 2.24) is 4.98 Å². The molecule has 1 atom stereocenters. The van der Waals surface area contributed by atoms with Gasteiger partial charge < -0.3 is 14.9 Å². The van der Waals surface area contributed by atoms with Crippen LogP contribution in [0.4, 0.5) is 0 Å². The van der Waals surface area contributed by atoms with Crippen molar-refractivity contribution < 1.29 is 12.6 Å². The first-order valence-electron chi connectivity index (χ1n) is 7.19. The number of aromatic amines is 1. The molecule has 0 radical (unpaired) electrons. The lowest BCUT2D eigenvalue weighted by Gasteiger charge is -2.08. The van der Waals surface area contributed by atoms with E-state index in [0.717, 1.165) is 23.8 Å². The Morgan fingerprint density at radius 1 is 1.38 bits per heavy atom. The van der Waals surface area contributed by atoms with E-state index in [-0.39, 0.29) is 11.8 Å². The van der Waals surface area contributed by atoms with E-state index in [2.05, 4.69) is 4.98 Å². The number of H-pyrrole nitrogens is 1. The first-order chi connectivity index (χ1) is 9.93. The second-order valence-electron chi connectivity index (χ2n) is 5.37. The van der Waals surface area contributed by atoms with Gasteiger partial charge in [-0.3, -0.25) is 0 Å². The van der Waals surface area contributed by atoms with Crippen LogP contribution in [0.25, 0.3) is 10.9 Å². The predicted molar refractivity (Wildman–Crippen MR) is 85.0 cm³/mol. The number of aromatic nitrogens is 1. The van der Waals surface area contributed by atoms with Gasteiger partial charge in [0.05, 0.1) is 11.3 Å². The highest BCUT2D eigenvalue weighted by Gasteiger charge is 2.16. The molecule has 0 saturated heterocycles. The Balaban J connectivity index is 2.31. The molecule has 21 heavy (non-hydrogen) atoms. The molecule has 1 aromatic carbocycles. The molecule has 5 nitrogen and oxygen atoms in total. The summed E-state index contributed by atoms with van der Waals surface area (Å²) in [5.74, 6) is 0.382. The molecule has 0 amide bonds. The average molecular weight is 310 g/mol. The summed E-state index contributed by atoms with van der Waals surface area (Å²) in [5.41, 5.74) is 7.60. The van der Waals surface area contributed by atoms with Crippen molar-refractivity contribution in [3.8, 4) is 5.75 Å². The second-order valence-corrected chi connectivity index (χ2v) is 7.06. The molecule has 2 rings (SSSR count). The maximum Gasteiger partial charge on any atom is 0.309 e. The number of rotatable bonds is 7. The highest BCUT2D eigenvalue weighted by Crippen LogP contribution is 2.29. The maximum absolute atomic E-state index is 11.9. The van der Waals surface area contributed by atoms with Gasteiger partial charge in [0.1, 0.15) is 0 Å². The highest BCUT2D eigenvalue weighted by atomic mass is 32.2. The molecule has 116 valence electrons. The molecule has 3 N–H and O–H groups in total. The van der Waals surface area contributed by atoms with Gasteiger partial charge in [-0.05, 0) is 31.4 Å². The van der Waals surface area contributed by atoms with E-state index in [4.69, 9.17) is 9.92 Å². The smallest absolute Gasteiger partial charge is 0.309 e. The van der Waals surface area contributed by atoms with Gasteiger partial charge in [0.15, 0.2) is 5.75 Å². The lowest BCUT2D eigenvalue weighted by Crippen LogP contribution is -2.17. The summed E-state index contributed by atoms with van der Waals surface area (Å²) in [7, 11) is -3.55. The van der Waals surface area contributed by atoms with Crippen LogP contribution in [0.1, 0.15) is 32.3 Å².